The van der Waals surface area contributed by atoms with Crippen LogP contribution in [0, 0.1) is 11.8 Å². The van der Waals surface area contributed by atoms with Gasteiger partial charge in [-0.1, -0.05) is 29.2 Å². The highest BCUT2D eigenvalue weighted by Crippen LogP contribution is 2.25. The average Bonchev–Trinajstić information content (AvgIpc) is 2.59. The normalized spacial score (nSPS) is 9.93. The summed E-state index contributed by atoms with van der Waals surface area (Å²) in [5.74, 6) is 6.61. The number of aromatic nitrogens is 1. The highest BCUT2D eigenvalue weighted by Gasteiger charge is 2.03. The number of para-hydroxylation sites is 1. The molecule has 0 aliphatic carbocycles. The van der Waals surface area contributed by atoms with Gasteiger partial charge < -0.3 is 5.73 Å². The Balaban J connectivity index is 2.47. The van der Waals surface area contributed by atoms with Gasteiger partial charge in [0.15, 0.2) is 5.13 Å². The Morgan fingerprint density at radius 3 is 3.13 bits per heavy atom. The van der Waals surface area contributed by atoms with Crippen LogP contribution in [-0.4, -0.2) is 10.9 Å². The lowest BCUT2D eigenvalue weighted by molar-refractivity contribution is 1.29. The van der Waals surface area contributed by atoms with Crippen molar-refractivity contribution < 1.29 is 0 Å². The summed E-state index contributed by atoms with van der Waals surface area (Å²) in [7, 11) is 0. The molecule has 0 fully saturated rings. The summed E-state index contributed by atoms with van der Waals surface area (Å²) >= 11 is 7.03. The number of fused-ring (bicyclic) bond motifs is 1. The van der Waals surface area contributed by atoms with Gasteiger partial charge in [-0.15, -0.1) is 11.6 Å². The summed E-state index contributed by atoms with van der Waals surface area (Å²) in [6.45, 7) is 0. The summed E-state index contributed by atoms with van der Waals surface area (Å²) in [6, 6.07) is 5.91. The molecule has 0 atom stereocenters. The fourth-order valence-corrected chi connectivity index (χ4v) is 2.13. The smallest absolute Gasteiger partial charge is 0.181 e. The van der Waals surface area contributed by atoms with E-state index in [1.807, 2.05) is 18.2 Å². The molecular formula is C11H9ClN2S. The molecule has 76 valence electrons. The molecule has 1 aromatic carbocycles. The Labute approximate surface area is 97.1 Å². The van der Waals surface area contributed by atoms with E-state index in [1.54, 1.807) is 0 Å². The van der Waals surface area contributed by atoms with Gasteiger partial charge >= 0.3 is 0 Å². The third kappa shape index (κ3) is 2.23. The first-order valence-corrected chi connectivity index (χ1v) is 5.86. The Kier molecular flexibility index (Phi) is 3.10. The van der Waals surface area contributed by atoms with E-state index in [-0.39, 0.29) is 0 Å². The highest BCUT2D eigenvalue weighted by molar-refractivity contribution is 7.22. The van der Waals surface area contributed by atoms with Gasteiger partial charge in [-0.2, -0.15) is 0 Å². The first-order valence-electron chi connectivity index (χ1n) is 4.51. The van der Waals surface area contributed by atoms with E-state index in [0.717, 1.165) is 15.8 Å². The van der Waals surface area contributed by atoms with Crippen LogP contribution >= 0.6 is 22.9 Å². The molecular weight excluding hydrogens is 228 g/mol. The fraction of sp³-hybridized carbons (Fsp3) is 0.182. The molecule has 1 heterocycles. The molecule has 1 aromatic heterocycles. The fourth-order valence-electron chi connectivity index (χ4n) is 1.27. The molecule has 0 aliphatic heterocycles. The summed E-state index contributed by atoms with van der Waals surface area (Å²) < 4.78 is 1.07. The predicted molar refractivity (Wildman–Crippen MR) is 66.2 cm³/mol. The maximum Gasteiger partial charge on any atom is 0.181 e. The van der Waals surface area contributed by atoms with Crippen molar-refractivity contribution in [2.24, 2.45) is 0 Å². The Hall–Kier alpha value is -1.24. The minimum Gasteiger partial charge on any atom is -0.375 e. The first kappa shape index (κ1) is 10.3. The number of benzene rings is 1. The number of nitrogen functional groups attached to an aromatic ring is 1. The number of thiazole rings is 1. The second-order valence-electron chi connectivity index (χ2n) is 2.95. The molecule has 0 unspecified atom stereocenters. The van der Waals surface area contributed by atoms with Crippen LogP contribution in [-0.2, 0) is 0 Å². The zero-order valence-corrected chi connectivity index (χ0v) is 9.53. The van der Waals surface area contributed by atoms with Crippen LogP contribution in [0.1, 0.15) is 12.0 Å². The Morgan fingerprint density at radius 1 is 1.47 bits per heavy atom. The van der Waals surface area contributed by atoms with E-state index in [1.165, 1.54) is 11.3 Å². The lowest BCUT2D eigenvalue weighted by Gasteiger charge is -1.90. The molecule has 4 heteroatoms. The second kappa shape index (κ2) is 4.52. The Bertz CT molecular complexity index is 536. The first-order chi connectivity index (χ1) is 7.31. The van der Waals surface area contributed by atoms with E-state index in [0.29, 0.717) is 17.4 Å². The molecule has 0 amide bonds. The van der Waals surface area contributed by atoms with Crippen molar-refractivity contribution >= 4 is 38.3 Å². The van der Waals surface area contributed by atoms with Crippen LogP contribution in [0.5, 0.6) is 0 Å². The molecule has 0 aliphatic rings. The van der Waals surface area contributed by atoms with Crippen LogP contribution in [0.4, 0.5) is 5.13 Å². The van der Waals surface area contributed by atoms with Gasteiger partial charge in [0, 0.05) is 12.3 Å². The van der Waals surface area contributed by atoms with E-state index in [2.05, 4.69) is 16.8 Å². The summed E-state index contributed by atoms with van der Waals surface area (Å²) in [5.41, 5.74) is 7.47. The van der Waals surface area contributed by atoms with Crippen molar-refractivity contribution in [3.8, 4) is 11.8 Å². The molecule has 2 rings (SSSR count). The lowest BCUT2D eigenvalue weighted by Crippen LogP contribution is -1.82. The summed E-state index contributed by atoms with van der Waals surface area (Å²) in [4.78, 5) is 4.25. The van der Waals surface area contributed by atoms with Crippen molar-refractivity contribution in [1.82, 2.24) is 4.98 Å². The topological polar surface area (TPSA) is 38.9 Å². The number of nitrogens with zero attached hydrogens (tertiary/aromatic N) is 1. The largest absolute Gasteiger partial charge is 0.375 e. The molecule has 0 saturated carbocycles. The molecule has 2 nitrogen and oxygen atoms in total. The van der Waals surface area contributed by atoms with Gasteiger partial charge in [-0.05, 0) is 12.1 Å². The van der Waals surface area contributed by atoms with E-state index >= 15 is 0 Å². The van der Waals surface area contributed by atoms with E-state index in [9.17, 15) is 0 Å². The van der Waals surface area contributed by atoms with Crippen molar-refractivity contribution in [1.29, 1.82) is 0 Å². The van der Waals surface area contributed by atoms with Crippen molar-refractivity contribution in [3.05, 3.63) is 23.8 Å². The van der Waals surface area contributed by atoms with Crippen LogP contribution < -0.4 is 5.73 Å². The van der Waals surface area contributed by atoms with Crippen LogP contribution in [0.25, 0.3) is 10.2 Å². The molecule has 2 aromatic rings. The SMILES string of the molecule is Nc1nc2c(C#CCCCl)cccc2s1. The maximum atomic E-state index is 5.65. The summed E-state index contributed by atoms with van der Waals surface area (Å²) in [5, 5.41) is 0.580. The number of halogens is 1. The van der Waals surface area contributed by atoms with Crippen molar-refractivity contribution in [3.63, 3.8) is 0 Å². The van der Waals surface area contributed by atoms with Crippen LogP contribution in [0.15, 0.2) is 18.2 Å². The highest BCUT2D eigenvalue weighted by atomic mass is 35.5. The molecule has 15 heavy (non-hydrogen) atoms. The van der Waals surface area contributed by atoms with Gasteiger partial charge in [-0.25, -0.2) is 4.98 Å². The van der Waals surface area contributed by atoms with Gasteiger partial charge in [0.05, 0.1) is 15.8 Å². The van der Waals surface area contributed by atoms with Gasteiger partial charge in [0.2, 0.25) is 0 Å². The van der Waals surface area contributed by atoms with Crippen molar-refractivity contribution in [2.75, 3.05) is 11.6 Å². The van der Waals surface area contributed by atoms with Crippen LogP contribution in [0.2, 0.25) is 0 Å². The molecule has 2 N–H and O–H groups in total. The monoisotopic (exact) mass is 236 g/mol. The van der Waals surface area contributed by atoms with E-state index < -0.39 is 0 Å². The molecule has 0 bridgehead atoms. The van der Waals surface area contributed by atoms with Crippen molar-refractivity contribution in [2.45, 2.75) is 6.42 Å². The second-order valence-corrected chi connectivity index (χ2v) is 4.39. The van der Waals surface area contributed by atoms with Crippen LogP contribution in [0.3, 0.4) is 0 Å². The van der Waals surface area contributed by atoms with Gasteiger partial charge in [0.1, 0.15) is 0 Å². The van der Waals surface area contributed by atoms with Gasteiger partial charge in [0.25, 0.3) is 0 Å². The predicted octanol–water partition coefficient (Wildman–Crippen LogP) is 2.86. The van der Waals surface area contributed by atoms with Gasteiger partial charge in [-0.3, -0.25) is 0 Å². The van der Waals surface area contributed by atoms with E-state index in [4.69, 9.17) is 17.3 Å². The molecule has 0 spiro atoms. The zero-order valence-electron chi connectivity index (χ0n) is 7.96. The maximum absolute atomic E-state index is 5.65. The third-order valence-corrected chi connectivity index (χ3v) is 2.92. The number of rotatable bonds is 1. The minimum atomic E-state index is 0.558. The number of hydrogen-bond donors (Lipinski definition) is 1. The quantitative estimate of drug-likeness (QED) is 0.611. The number of alkyl halides is 1. The number of nitrogens with two attached hydrogens (primary N) is 1. The number of hydrogen-bond acceptors (Lipinski definition) is 3. The Morgan fingerprint density at radius 2 is 2.33 bits per heavy atom. The average molecular weight is 237 g/mol. The third-order valence-electron chi connectivity index (χ3n) is 1.88. The summed E-state index contributed by atoms with van der Waals surface area (Å²) in [6.07, 6.45) is 0.692. The molecule has 0 saturated heterocycles. The standard InChI is InChI=1S/C11H9ClN2S/c12-7-2-1-4-8-5-3-6-9-10(8)14-11(13)15-9/h3,5-6H,2,7H2,(H2,13,14). The minimum absolute atomic E-state index is 0.558. The zero-order chi connectivity index (χ0) is 10.7. The lowest BCUT2D eigenvalue weighted by atomic mass is 10.2. The number of anilines is 1. The molecule has 0 radical (unpaired) electrons.